The number of anilines is 1. The average molecular weight is 287 g/mol. The van der Waals surface area contributed by atoms with E-state index in [1.54, 1.807) is 35.6 Å². The second-order valence-corrected chi connectivity index (χ2v) is 5.06. The monoisotopic (exact) mass is 287 g/mol. The lowest BCUT2D eigenvalue weighted by atomic mass is 10.2. The molecule has 1 aromatic carbocycles. The first-order valence-corrected chi connectivity index (χ1v) is 6.87. The summed E-state index contributed by atoms with van der Waals surface area (Å²) in [6.07, 6.45) is 3.86. The summed E-state index contributed by atoms with van der Waals surface area (Å²) in [6.45, 7) is 0. The summed E-state index contributed by atoms with van der Waals surface area (Å²) in [5.74, 6) is -1.40. The Kier molecular flexibility index (Phi) is 4.68. The molecule has 102 valence electrons. The molecule has 0 aliphatic carbocycles. The molecule has 5 heteroatoms. The van der Waals surface area contributed by atoms with Crippen LogP contribution < -0.4 is 5.32 Å². The number of carbonyl (C=O) groups is 2. The molecule has 1 amide bonds. The maximum Gasteiger partial charge on any atom is 0.337 e. The minimum Gasteiger partial charge on any atom is -0.478 e. The summed E-state index contributed by atoms with van der Waals surface area (Å²) in [4.78, 5) is 23.9. The molecule has 0 aliphatic heterocycles. The summed E-state index contributed by atoms with van der Waals surface area (Å²) in [7, 11) is 0. The molecule has 0 saturated carbocycles. The normalized spacial score (nSPS) is 10.6. The van der Waals surface area contributed by atoms with Crippen LogP contribution >= 0.6 is 11.3 Å². The van der Waals surface area contributed by atoms with E-state index in [0.29, 0.717) is 12.1 Å². The van der Waals surface area contributed by atoms with Gasteiger partial charge in [0.1, 0.15) is 0 Å². The van der Waals surface area contributed by atoms with E-state index >= 15 is 0 Å². The number of thiophene rings is 1. The molecule has 1 heterocycles. The minimum atomic E-state index is -1.07. The van der Waals surface area contributed by atoms with Crippen LogP contribution in [0.4, 0.5) is 5.69 Å². The summed E-state index contributed by atoms with van der Waals surface area (Å²) < 4.78 is 0. The Balaban J connectivity index is 1.98. The zero-order valence-corrected chi connectivity index (χ0v) is 11.4. The fourth-order valence-electron chi connectivity index (χ4n) is 1.66. The van der Waals surface area contributed by atoms with Crippen LogP contribution in [0.5, 0.6) is 0 Å². The lowest BCUT2D eigenvalue weighted by Gasteiger charge is -2.05. The number of hydrogen-bond donors (Lipinski definition) is 2. The highest BCUT2D eigenvalue weighted by atomic mass is 32.1. The quantitative estimate of drug-likeness (QED) is 0.830. The van der Waals surface area contributed by atoms with Crippen molar-refractivity contribution in [1.29, 1.82) is 0 Å². The van der Waals surface area contributed by atoms with E-state index < -0.39 is 5.97 Å². The van der Waals surface area contributed by atoms with Gasteiger partial charge in [0.2, 0.25) is 5.91 Å². The maximum atomic E-state index is 11.7. The lowest BCUT2D eigenvalue weighted by molar-refractivity contribution is -0.111. The number of allylic oxidation sites excluding steroid dienone is 1. The average Bonchev–Trinajstić information content (AvgIpc) is 2.92. The molecule has 0 saturated heterocycles. The van der Waals surface area contributed by atoms with Crippen LogP contribution in [-0.4, -0.2) is 17.0 Å². The highest BCUT2D eigenvalue weighted by Crippen LogP contribution is 2.15. The zero-order valence-electron chi connectivity index (χ0n) is 10.6. The standard InChI is InChI=1S/C15H13NO3S/c17-14(9-3-5-11-6-4-10-20-11)16-13-8-2-1-7-12(13)15(18)19/h1-4,6-10H,5H2,(H,16,17)(H,18,19). The predicted octanol–water partition coefficient (Wildman–Crippen LogP) is 3.18. The molecule has 2 N–H and O–H groups in total. The van der Waals surface area contributed by atoms with Gasteiger partial charge in [-0.2, -0.15) is 0 Å². The Morgan fingerprint density at radius 1 is 1.20 bits per heavy atom. The van der Waals surface area contributed by atoms with Crippen molar-refractivity contribution in [2.24, 2.45) is 0 Å². The fraction of sp³-hybridized carbons (Fsp3) is 0.0667. The smallest absolute Gasteiger partial charge is 0.337 e. The number of aromatic carboxylic acids is 1. The molecule has 0 atom stereocenters. The van der Waals surface area contributed by atoms with Crippen LogP contribution in [0.3, 0.4) is 0 Å². The number of carbonyl (C=O) groups excluding carboxylic acids is 1. The van der Waals surface area contributed by atoms with Gasteiger partial charge in [0.05, 0.1) is 11.3 Å². The fourth-order valence-corrected chi connectivity index (χ4v) is 2.35. The van der Waals surface area contributed by atoms with Gasteiger partial charge in [-0.25, -0.2) is 4.79 Å². The Morgan fingerprint density at radius 2 is 2.00 bits per heavy atom. The summed E-state index contributed by atoms with van der Waals surface area (Å²) >= 11 is 1.62. The molecule has 0 unspecified atom stereocenters. The molecular formula is C15H13NO3S. The molecule has 0 spiro atoms. The number of rotatable bonds is 5. The molecule has 0 aliphatic rings. The summed E-state index contributed by atoms with van der Waals surface area (Å²) in [6, 6.07) is 10.3. The van der Waals surface area contributed by atoms with Crippen molar-refractivity contribution in [3.8, 4) is 0 Å². The van der Waals surface area contributed by atoms with Gasteiger partial charge in [-0.05, 0) is 29.7 Å². The van der Waals surface area contributed by atoms with Crippen LogP contribution in [0, 0.1) is 0 Å². The van der Waals surface area contributed by atoms with Crippen LogP contribution in [0.15, 0.2) is 53.9 Å². The molecule has 20 heavy (non-hydrogen) atoms. The number of nitrogens with one attached hydrogen (secondary N) is 1. The van der Waals surface area contributed by atoms with Gasteiger partial charge in [0.15, 0.2) is 0 Å². The van der Waals surface area contributed by atoms with Crippen molar-refractivity contribution in [3.05, 3.63) is 64.4 Å². The zero-order chi connectivity index (χ0) is 14.4. The van der Waals surface area contributed by atoms with Crippen LogP contribution in [0.2, 0.25) is 0 Å². The van der Waals surface area contributed by atoms with E-state index in [9.17, 15) is 9.59 Å². The number of benzene rings is 1. The van der Waals surface area contributed by atoms with Crippen molar-refractivity contribution < 1.29 is 14.7 Å². The minimum absolute atomic E-state index is 0.0764. The molecule has 0 bridgehead atoms. The van der Waals surface area contributed by atoms with E-state index in [-0.39, 0.29) is 11.5 Å². The molecule has 0 radical (unpaired) electrons. The Bertz CT molecular complexity index is 632. The molecule has 2 aromatic rings. The van der Waals surface area contributed by atoms with Crippen molar-refractivity contribution >= 4 is 28.9 Å². The van der Waals surface area contributed by atoms with Gasteiger partial charge in [-0.1, -0.05) is 24.3 Å². The SMILES string of the molecule is O=C(C=CCc1cccs1)Nc1ccccc1C(=O)O. The topological polar surface area (TPSA) is 66.4 Å². The van der Waals surface area contributed by atoms with Crippen molar-refractivity contribution in [1.82, 2.24) is 0 Å². The Morgan fingerprint density at radius 3 is 2.70 bits per heavy atom. The van der Waals surface area contributed by atoms with Gasteiger partial charge in [-0.3, -0.25) is 4.79 Å². The van der Waals surface area contributed by atoms with E-state index in [0.717, 1.165) is 0 Å². The summed E-state index contributed by atoms with van der Waals surface area (Å²) in [5, 5.41) is 13.6. The third-order valence-electron chi connectivity index (χ3n) is 2.58. The Labute approximate surface area is 120 Å². The first kappa shape index (κ1) is 14.0. The lowest BCUT2D eigenvalue weighted by Crippen LogP contribution is -2.11. The van der Waals surface area contributed by atoms with E-state index in [2.05, 4.69) is 5.32 Å². The second-order valence-electron chi connectivity index (χ2n) is 4.03. The highest BCUT2D eigenvalue weighted by molar-refractivity contribution is 7.09. The van der Waals surface area contributed by atoms with E-state index in [4.69, 9.17) is 5.11 Å². The molecule has 1 aromatic heterocycles. The van der Waals surface area contributed by atoms with E-state index in [1.807, 2.05) is 17.5 Å². The first-order chi connectivity index (χ1) is 9.66. The van der Waals surface area contributed by atoms with Crippen LogP contribution in [0.25, 0.3) is 0 Å². The second kappa shape index (κ2) is 6.68. The van der Waals surface area contributed by atoms with Gasteiger partial charge >= 0.3 is 5.97 Å². The van der Waals surface area contributed by atoms with Gasteiger partial charge in [0, 0.05) is 11.3 Å². The molecule has 4 nitrogen and oxygen atoms in total. The largest absolute Gasteiger partial charge is 0.478 e. The van der Waals surface area contributed by atoms with Gasteiger partial charge in [0.25, 0.3) is 0 Å². The third kappa shape index (κ3) is 3.80. The molecule has 0 fully saturated rings. The van der Waals surface area contributed by atoms with Crippen molar-refractivity contribution in [2.75, 3.05) is 5.32 Å². The third-order valence-corrected chi connectivity index (χ3v) is 3.48. The van der Waals surface area contributed by atoms with Gasteiger partial charge < -0.3 is 10.4 Å². The first-order valence-electron chi connectivity index (χ1n) is 5.99. The number of amides is 1. The van der Waals surface area contributed by atoms with E-state index in [1.165, 1.54) is 17.0 Å². The Hall–Kier alpha value is -2.40. The number of carboxylic acid groups (broad SMARTS) is 1. The van der Waals surface area contributed by atoms with Gasteiger partial charge in [-0.15, -0.1) is 11.3 Å². The summed E-state index contributed by atoms with van der Waals surface area (Å²) in [5.41, 5.74) is 0.373. The number of carboxylic acids is 1. The highest BCUT2D eigenvalue weighted by Gasteiger charge is 2.09. The van der Waals surface area contributed by atoms with Crippen LogP contribution in [-0.2, 0) is 11.2 Å². The maximum absolute atomic E-state index is 11.7. The van der Waals surface area contributed by atoms with Crippen molar-refractivity contribution in [2.45, 2.75) is 6.42 Å². The molecular weight excluding hydrogens is 274 g/mol. The number of hydrogen-bond acceptors (Lipinski definition) is 3. The van der Waals surface area contributed by atoms with Crippen LogP contribution in [0.1, 0.15) is 15.2 Å². The number of para-hydroxylation sites is 1. The molecule has 2 rings (SSSR count). The van der Waals surface area contributed by atoms with Crippen molar-refractivity contribution in [3.63, 3.8) is 0 Å². The predicted molar refractivity (Wildman–Crippen MR) is 79.2 cm³/mol.